The van der Waals surface area contributed by atoms with Gasteiger partial charge in [0.15, 0.2) is 5.82 Å². The van der Waals surface area contributed by atoms with E-state index in [0.717, 1.165) is 26.6 Å². The van der Waals surface area contributed by atoms with Crippen molar-refractivity contribution < 1.29 is 0 Å². The summed E-state index contributed by atoms with van der Waals surface area (Å²) in [6.45, 7) is 5.59. The first kappa shape index (κ1) is 14.2. The topological polar surface area (TPSA) is 80.0 Å². The molecule has 0 bridgehead atoms. The smallest absolute Gasteiger partial charge is 0.174 e. The van der Waals surface area contributed by atoms with E-state index in [2.05, 4.69) is 39.3 Å². The van der Waals surface area contributed by atoms with Crippen LogP contribution in [0.5, 0.6) is 0 Å². The standard InChI is InChI=1S/C16H15N5S/c1-3-4-10-9-11(5-6-12(10)18-2)13-7-8-14(22-13)15-16(17)20-21-19-15/h3-9H,2H2,1H3,(H3,17,19,20,21)/b4-3-. The van der Waals surface area contributed by atoms with Gasteiger partial charge in [-0.15, -0.1) is 16.4 Å². The Morgan fingerprint density at radius 3 is 2.73 bits per heavy atom. The number of hydrogen-bond acceptors (Lipinski definition) is 5. The van der Waals surface area contributed by atoms with Gasteiger partial charge >= 0.3 is 0 Å². The number of benzene rings is 1. The molecule has 3 aromatic rings. The van der Waals surface area contributed by atoms with E-state index in [-0.39, 0.29) is 0 Å². The van der Waals surface area contributed by atoms with Gasteiger partial charge < -0.3 is 5.73 Å². The van der Waals surface area contributed by atoms with E-state index in [0.29, 0.717) is 11.5 Å². The molecule has 3 N–H and O–H groups in total. The van der Waals surface area contributed by atoms with Crippen LogP contribution in [0.15, 0.2) is 41.4 Å². The lowest BCUT2D eigenvalue weighted by molar-refractivity contribution is 0.946. The highest BCUT2D eigenvalue weighted by molar-refractivity contribution is 7.18. The Morgan fingerprint density at radius 2 is 2.05 bits per heavy atom. The first-order chi connectivity index (χ1) is 10.7. The Balaban J connectivity index is 2.02. The maximum atomic E-state index is 5.80. The SMILES string of the molecule is C=Nc1ccc(-c2ccc(-c3n[nH]nc3N)s2)cc1/C=C\C. The Kier molecular flexibility index (Phi) is 3.84. The third-order valence-electron chi connectivity index (χ3n) is 3.24. The van der Waals surface area contributed by atoms with E-state index in [1.54, 1.807) is 11.3 Å². The fourth-order valence-corrected chi connectivity index (χ4v) is 3.21. The molecule has 0 saturated carbocycles. The predicted molar refractivity (Wildman–Crippen MR) is 93.5 cm³/mol. The molecule has 5 nitrogen and oxygen atoms in total. The van der Waals surface area contributed by atoms with Gasteiger partial charge in [0.1, 0.15) is 5.69 Å². The van der Waals surface area contributed by atoms with Gasteiger partial charge in [0.05, 0.1) is 10.6 Å². The zero-order valence-corrected chi connectivity index (χ0v) is 12.9. The van der Waals surface area contributed by atoms with Gasteiger partial charge in [0.2, 0.25) is 0 Å². The molecule has 0 fully saturated rings. The highest BCUT2D eigenvalue weighted by atomic mass is 32.1. The van der Waals surface area contributed by atoms with Crippen LogP contribution in [0.3, 0.4) is 0 Å². The van der Waals surface area contributed by atoms with Crippen molar-refractivity contribution in [1.29, 1.82) is 0 Å². The minimum Gasteiger partial charge on any atom is -0.380 e. The Hall–Kier alpha value is -2.73. The number of thiophene rings is 1. The molecule has 6 heteroatoms. The lowest BCUT2D eigenvalue weighted by atomic mass is 10.1. The fraction of sp³-hybridized carbons (Fsp3) is 0.0625. The van der Waals surface area contributed by atoms with Gasteiger partial charge in [-0.05, 0) is 43.5 Å². The molecule has 0 unspecified atom stereocenters. The van der Waals surface area contributed by atoms with Gasteiger partial charge in [-0.2, -0.15) is 10.3 Å². The zero-order chi connectivity index (χ0) is 15.5. The first-order valence-electron chi connectivity index (χ1n) is 6.73. The second-order valence-corrected chi connectivity index (χ2v) is 5.74. The van der Waals surface area contributed by atoms with Crippen molar-refractivity contribution >= 4 is 35.6 Å². The summed E-state index contributed by atoms with van der Waals surface area (Å²) >= 11 is 1.63. The normalized spacial score (nSPS) is 11.1. The summed E-state index contributed by atoms with van der Waals surface area (Å²) in [7, 11) is 0. The zero-order valence-electron chi connectivity index (χ0n) is 12.1. The van der Waals surface area contributed by atoms with Gasteiger partial charge in [0.25, 0.3) is 0 Å². The highest BCUT2D eigenvalue weighted by Crippen LogP contribution is 2.36. The molecule has 110 valence electrons. The quantitative estimate of drug-likeness (QED) is 0.710. The number of nitrogen functional groups attached to an aromatic ring is 1. The second kappa shape index (κ2) is 5.95. The highest BCUT2D eigenvalue weighted by Gasteiger charge is 2.11. The van der Waals surface area contributed by atoms with Crippen molar-refractivity contribution in [3.8, 4) is 21.0 Å². The summed E-state index contributed by atoms with van der Waals surface area (Å²) in [6.07, 6.45) is 4.02. The van der Waals surface area contributed by atoms with Crippen LogP contribution in [0.1, 0.15) is 12.5 Å². The van der Waals surface area contributed by atoms with Gasteiger partial charge in [0, 0.05) is 10.4 Å². The summed E-state index contributed by atoms with van der Waals surface area (Å²) < 4.78 is 0. The van der Waals surface area contributed by atoms with E-state index in [1.165, 1.54) is 0 Å². The van der Waals surface area contributed by atoms with Crippen LogP contribution >= 0.6 is 11.3 Å². The number of aromatic amines is 1. The van der Waals surface area contributed by atoms with Crippen LogP contribution in [0.25, 0.3) is 27.1 Å². The molecule has 0 aliphatic carbocycles. The lowest BCUT2D eigenvalue weighted by Gasteiger charge is -2.04. The number of rotatable bonds is 4. The van der Waals surface area contributed by atoms with E-state index in [4.69, 9.17) is 5.73 Å². The molecular weight excluding hydrogens is 294 g/mol. The third-order valence-corrected chi connectivity index (χ3v) is 4.38. The molecule has 2 heterocycles. The molecule has 3 rings (SSSR count). The Bertz CT molecular complexity index is 844. The number of H-pyrrole nitrogens is 1. The van der Waals surface area contributed by atoms with Crippen LogP contribution in [-0.2, 0) is 0 Å². The Morgan fingerprint density at radius 1 is 1.23 bits per heavy atom. The molecule has 22 heavy (non-hydrogen) atoms. The van der Waals surface area contributed by atoms with Crippen molar-refractivity contribution in [3.05, 3.63) is 42.0 Å². The van der Waals surface area contributed by atoms with Crippen molar-refractivity contribution in [2.75, 3.05) is 5.73 Å². The maximum Gasteiger partial charge on any atom is 0.174 e. The number of aliphatic imine (C=N–C) groups is 1. The molecule has 0 spiro atoms. The van der Waals surface area contributed by atoms with Crippen LogP contribution in [0.4, 0.5) is 11.5 Å². The summed E-state index contributed by atoms with van der Waals surface area (Å²) in [5.74, 6) is 0.411. The molecule has 0 amide bonds. The van der Waals surface area contributed by atoms with E-state index < -0.39 is 0 Å². The lowest BCUT2D eigenvalue weighted by Crippen LogP contribution is -1.86. The number of hydrogen-bond donors (Lipinski definition) is 2. The average molecular weight is 309 g/mol. The molecular formula is C16H15N5S. The van der Waals surface area contributed by atoms with Crippen molar-refractivity contribution in [2.24, 2.45) is 4.99 Å². The van der Waals surface area contributed by atoms with Gasteiger partial charge in [-0.3, -0.25) is 4.99 Å². The van der Waals surface area contributed by atoms with Crippen LogP contribution < -0.4 is 5.73 Å². The number of anilines is 1. The molecule has 0 aliphatic heterocycles. The second-order valence-electron chi connectivity index (χ2n) is 4.65. The van der Waals surface area contributed by atoms with E-state index in [9.17, 15) is 0 Å². The summed E-state index contributed by atoms with van der Waals surface area (Å²) in [4.78, 5) is 6.17. The minimum atomic E-state index is 0.411. The molecule has 0 atom stereocenters. The largest absolute Gasteiger partial charge is 0.380 e. The summed E-state index contributed by atoms with van der Waals surface area (Å²) in [5.41, 5.74) is 9.53. The summed E-state index contributed by atoms with van der Waals surface area (Å²) in [6, 6.07) is 10.2. The fourth-order valence-electron chi connectivity index (χ4n) is 2.21. The van der Waals surface area contributed by atoms with Crippen molar-refractivity contribution in [3.63, 3.8) is 0 Å². The molecule has 0 radical (unpaired) electrons. The van der Waals surface area contributed by atoms with Crippen LogP contribution in [0.2, 0.25) is 0 Å². The number of nitrogens with zero attached hydrogens (tertiary/aromatic N) is 3. The maximum absolute atomic E-state index is 5.80. The van der Waals surface area contributed by atoms with Crippen LogP contribution in [-0.4, -0.2) is 22.1 Å². The van der Waals surface area contributed by atoms with Crippen molar-refractivity contribution in [1.82, 2.24) is 15.4 Å². The van der Waals surface area contributed by atoms with Crippen molar-refractivity contribution in [2.45, 2.75) is 6.92 Å². The number of allylic oxidation sites excluding steroid dienone is 1. The Labute approximate surface area is 132 Å². The number of aromatic nitrogens is 3. The summed E-state index contributed by atoms with van der Waals surface area (Å²) in [5, 5.41) is 10.5. The minimum absolute atomic E-state index is 0.411. The third kappa shape index (κ3) is 2.56. The molecule has 2 aromatic heterocycles. The number of nitrogens with two attached hydrogens (primary N) is 1. The number of nitrogens with one attached hydrogen (secondary N) is 1. The molecule has 0 saturated heterocycles. The average Bonchev–Trinajstić information content (AvgIpc) is 3.16. The molecule has 1 aromatic carbocycles. The predicted octanol–water partition coefficient (Wildman–Crippen LogP) is 4.15. The van der Waals surface area contributed by atoms with Crippen LogP contribution in [0, 0.1) is 0 Å². The molecule has 0 aliphatic rings. The first-order valence-corrected chi connectivity index (χ1v) is 7.55. The van der Waals surface area contributed by atoms with E-state index >= 15 is 0 Å². The van der Waals surface area contributed by atoms with E-state index in [1.807, 2.05) is 37.3 Å². The monoisotopic (exact) mass is 309 g/mol. The van der Waals surface area contributed by atoms with Gasteiger partial charge in [-0.1, -0.05) is 18.2 Å². The van der Waals surface area contributed by atoms with Gasteiger partial charge in [-0.25, -0.2) is 0 Å².